The van der Waals surface area contributed by atoms with E-state index in [2.05, 4.69) is 10.3 Å². The monoisotopic (exact) mass is 428 g/mol. The van der Waals surface area contributed by atoms with Gasteiger partial charge in [-0.25, -0.2) is 4.79 Å². The first-order chi connectivity index (χ1) is 14.5. The number of nitrogens with one attached hydrogen (secondary N) is 2. The summed E-state index contributed by atoms with van der Waals surface area (Å²) in [5.74, 6) is -0.136. The van der Waals surface area contributed by atoms with Crippen molar-refractivity contribution in [2.75, 3.05) is 32.4 Å². The first-order valence-corrected chi connectivity index (χ1v) is 9.85. The summed E-state index contributed by atoms with van der Waals surface area (Å²) in [5.41, 5.74) is 0.428. The van der Waals surface area contributed by atoms with E-state index in [1.807, 2.05) is 0 Å². The Bertz CT molecular complexity index is 1160. The van der Waals surface area contributed by atoms with Crippen molar-refractivity contribution >= 4 is 40.2 Å². The number of aromatic amines is 1. The summed E-state index contributed by atoms with van der Waals surface area (Å²) < 4.78 is 15.2. The first-order valence-electron chi connectivity index (χ1n) is 8.86. The highest BCUT2D eigenvalue weighted by Crippen LogP contribution is 2.29. The first kappa shape index (κ1) is 21.3. The molecule has 0 aliphatic heterocycles. The van der Waals surface area contributed by atoms with Gasteiger partial charge >= 0.3 is 5.97 Å². The van der Waals surface area contributed by atoms with Crippen LogP contribution in [0.15, 0.2) is 52.3 Å². The molecule has 0 aliphatic carbocycles. The minimum Gasteiger partial charge on any atom is -0.497 e. The van der Waals surface area contributed by atoms with Gasteiger partial charge in [0.25, 0.3) is 0 Å². The number of thioether (sulfide) groups is 1. The number of fused-ring (bicyclic) bond motifs is 1. The molecule has 0 radical (unpaired) electrons. The van der Waals surface area contributed by atoms with Gasteiger partial charge in [-0.05, 0) is 24.3 Å². The van der Waals surface area contributed by atoms with Gasteiger partial charge in [-0.1, -0.05) is 23.9 Å². The Morgan fingerprint density at radius 2 is 1.83 bits per heavy atom. The molecule has 0 fully saturated rings. The normalized spacial score (nSPS) is 10.5. The van der Waals surface area contributed by atoms with Crippen LogP contribution in [0.25, 0.3) is 10.9 Å². The molecular weight excluding hydrogens is 408 g/mol. The highest BCUT2D eigenvalue weighted by Gasteiger charge is 2.21. The standard InChI is InChI=1S/C21H20N2O6S/c1-27-12-8-9-16(28-2)15(10-12)22-17(24)11-30-20-18(21(26)29-3)19(25)13-6-4-5-7-14(13)23-20/h4-10H,11H2,1-3H3,(H,22,24)(H,23,25). The maximum atomic E-state index is 12.8. The lowest BCUT2D eigenvalue weighted by Gasteiger charge is -2.12. The predicted octanol–water partition coefficient (Wildman–Crippen LogP) is 3.06. The number of H-pyrrole nitrogens is 1. The van der Waals surface area contributed by atoms with Crippen LogP contribution in [0.1, 0.15) is 10.4 Å². The van der Waals surface area contributed by atoms with Crippen LogP contribution < -0.4 is 20.2 Å². The second kappa shape index (κ2) is 9.36. The average Bonchev–Trinajstić information content (AvgIpc) is 2.77. The number of hydrogen-bond donors (Lipinski definition) is 2. The summed E-state index contributed by atoms with van der Waals surface area (Å²) in [6.07, 6.45) is 0. The van der Waals surface area contributed by atoms with Crippen LogP contribution in [0.2, 0.25) is 0 Å². The second-order valence-corrected chi connectivity index (χ2v) is 7.08. The topological polar surface area (TPSA) is 107 Å². The largest absolute Gasteiger partial charge is 0.497 e. The zero-order valence-electron chi connectivity index (χ0n) is 16.6. The van der Waals surface area contributed by atoms with Crippen LogP contribution >= 0.6 is 11.8 Å². The van der Waals surface area contributed by atoms with E-state index < -0.39 is 11.4 Å². The van der Waals surface area contributed by atoms with Gasteiger partial charge < -0.3 is 24.5 Å². The van der Waals surface area contributed by atoms with Crippen molar-refractivity contribution in [2.45, 2.75) is 5.03 Å². The molecule has 0 saturated heterocycles. The fraction of sp³-hybridized carbons (Fsp3) is 0.190. The van der Waals surface area contributed by atoms with E-state index in [0.717, 1.165) is 11.8 Å². The molecule has 1 aromatic heterocycles. The Balaban J connectivity index is 1.86. The third-order valence-electron chi connectivity index (χ3n) is 4.29. The number of anilines is 1. The van der Waals surface area contributed by atoms with Gasteiger partial charge in [0.05, 0.1) is 43.3 Å². The van der Waals surface area contributed by atoms with Crippen molar-refractivity contribution in [1.29, 1.82) is 0 Å². The van der Waals surface area contributed by atoms with Crippen molar-refractivity contribution in [3.05, 3.63) is 58.3 Å². The third-order valence-corrected chi connectivity index (χ3v) is 5.29. The van der Waals surface area contributed by atoms with Crippen molar-refractivity contribution in [2.24, 2.45) is 0 Å². The molecule has 8 nitrogen and oxygen atoms in total. The third kappa shape index (κ3) is 4.41. The lowest BCUT2D eigenvalue weighted by Crippen LogP contribution is -2.20. The number of para-hydroxylation sites is 1. The van der Waals surface area contributed by atoms with Crippen LogP contribution in [0.5, 0.6) is 11.5 Å². The summed E-state index contributed by atoms with van der Waals surface area (Å²) in [4.78, 5) is 40.5. The molecular formula is C21H20N2O6S. The van der Waals surface area contributed by atoms with Gasteiger partial charge in [-0.2, -0.15) is 0 Å². The summed E-state index contributed by atoms with van der Waals surface area (Å²) in [5, 5.41) is 3.38. The van der Waals surface area contributed by atoms with Crippen molar-refractivity contribution in [1.82, 2.24) is 4.98 Å². The average molecular weight is 428 g/mol. The predicted molar refractivity (Wildman–Crippen MR) is 115 cm³/mol. The molecule has 0 saturated carbocycles. The highest BCUT2D eigenvalue weighted by atomic mass is 32.2. The maximum absolute atomic E-state index is 12.8. The van der Waals surface area contributed by atoms with E-state index >= 15 is 0 Å². The summed E-state index contributed by atoms with van der Waals surface area (Å²) in [6, 6.07) is 11.9. The Kier molecular flexibility index (Phi) is 6.63. The second-order valence-electron chi connectivity index (χ2n) is 6.10. The van der Waals surface area contributed by atoms with Crippen LogP contribution in [0.4, 0.5) is 5.69 Å². The van der Waals surface area contributed by atoms with Gasteiger partial charge in [0.2, 0.25) is 11.3 Å². The number of hydrogen-bond acceptors (Lipinski definition) is 7. The minimum atomic E-state index is -0.764. The number of amides is 1. The van der Waals surface area contributed by atoms with Crippen LogP contribution in [-0.4, -0.2) is 43.9 Å². The number of rotatable bonds is 7. The Morgan fingerprint density at radius 1 is 1.07 bits per heavy atom. The molecule has 1 amide bonds. The van der Waals surface area contributed by atoms with Crippen LogP contribution in [0, 0.1) is 0 Å². The van der Waals surface area contributed by atoms with Gasteiger partial charge in [0, 0.05) is 11.5 Å². The number of methoxy groups -OCH3 is 3. The molecule has 0 unspecified atom stereocenters. The Hall–Kier alpha value is -3.46. The smallest absolute Gasteiger partial charge is 0.344 e. The van der Waals surface area contributed by atoms with Gasteiger partial charge in [-0.15, -0.1) is 0 Å². The molecule has 2 N–H and O–H groups in total. The van der Waals surface area contributed by atoms with E-state index in [-0.39, 0.29) is 22.2 Å². The Labute approximate surface area is 176 Å². The molecule has 0 atom stereocenters. The van der Waals surface area contributed by atoms with Crippen molar-refractivity contribution < 1.29 is 23.8 Å². The number of carbonyl (C=O) groups is 2. The summed E-state index contributed by atoms with van der Waals surface area (Å²) in [6.45, 7) is 0. The molecule has 3 rings (SSSR count). The fourth-order valence-electron chi connectivity index (χ4n) is 2.84. The van der Waals surface area contributed by atoms with E-state index in [4.69, 9.17) is 14.2 Å². The highest BCUT2D eigenvalue weighted by molar-refractivity contribution is 8.00. The SMILES string of the molecule is COC(=O)c1c(SCC(=O)Nc2cc(OC)ccc2OC)[nH]c2ccccc2c1=O. The number of ether oxygens (including phenoxy) is 3. The summed E-state index contributed by atoms with van der Waals surface area (Å²) >= 11 is 1.03. The maximum Gasteiger partial charge on any atom is 0.344 e. The van der Waals surface area contributed by atoms with E-state index in [9.17, 15) is 14.4 Å². The van der Waals surface area contributed by atoms with Gasteiger partial charge in [0.1, 0.15) is 17.1 Å². The number of benzene rings is 2. The zero-order valence-corrected chi connectivity index (χ0v) is 17.4. The van der Waals surface area contributed by atoms with Crippen molar-refractivity contribution in [3.63, 3.8) is 0 Å². The molecule has 0 aliphatic rings. The lowest BCUT2D eigenvalue weighted by molar-refractivity contribution is -0.113. The quantitative estimate of drug-likeness (QED) is 0.440. The molecule has 9 heteroatoms. The van der Waals surface area contributed by atoms with Crippen LogP contribution in [-0.2, 0) is 9.53 Å². The fourth-order valence-corrected chi connectivity index (χ4v) is 3.69. The number of aromatic nitrogens is 1. The molecule has 1 heterocycles. The minimum absolute atomic E-state index is 0.0569. The molecule has 2 aromatic carbocycles. The van der Waals surface area contributed by atoms with E-state index in [0.29, 0.717) is 28.1 Å². The number of pyridine rings is 1. The molecule has 156 valence electrons. The lowest BCUT2D eigenvalue weighted by atomic mass is 10.1. The molecule has 0 bridgehead atoms. The molecule has 3 aromatic rings. The molecule has 30 heavy (non-hydrogen) atoms. The van der Waals surface area contributed by atoms with Crippen LogP contribution in [0.3, 0.4) is 0 Å². The van der Waals surface area contributed by atoms with Gasteiger partial charge in [0.15, 0.2) is 0 Å². The zero-order chi connectivity index (χ0) is 21.7. The van der Waals surface area contributed by atoms with Crippen molar-refractivity contribution in [3.8, 4) is 11.5 Å². The number of esters is 1. The summed E-state index contributed by atoms with van der Waals surface area (Å²) in [7, 11) is 4.22. The molecule has 0 spiro atoms. The van der Waals surface area contributed by atoms with E-state index in [1.165, 1.54) is 21.3 Å². The van der Waals surface area contributed by atoms with E-state index in [1.54, 1.807) is 42.5 Å². The number of carbonyl (C=O) groups excluding carboxylic acids is 2. The Morgan fingerprint density at radius 3 is 2.53 bits per heavy atom. The van der Waals surface area contributed by atoms with Gasteiger partial charge in [-0.3, -0.25) is 9.59 Å².